The van der Waals surface area contributed by atoms with Gasteiger partial charge in [-0.05, 0) is 24.3 Å². The van der Waals surface area contributed by atoms with Crippen molar-refractivity contribution >= 4 is 21.6 Å². The Balaban J connectivity index is 2.12. The molecule has 138 valence electrons. The molecule has 0 fully saturated rings. The van der Waals surface area contributed by atoms with E-state index in [1.165, 1.54) is 14.2 Å². The maximum Gasteiger partial charge on any atom is 0.273 e. The Morgan fingerprint density at radius 3 is 2.50 bits per heavy atom. The van der Waals surface area contributed by atoms with Gasteiger partial charge in [0.05, 0.1) is 26.0 Å². The van der Waals surface area contributed by atoms with Crippen molar-refractivity contribution in [1.82, 2.24) is 9.84 Å². The molecule has 1 aliphatic rings. The van der Waals surface area contributed by atoms with Gasteiger partial charge in [-0.3, -0.25) is 4.79 Å². The number of hydrazine groups is 1. The summed E-state index contributed by atoms with van der Waals surface area (Å²) in [5.41, 5.74) is 1.55. The van der Waals surface area contributed by atoms with E-state index in [1.54, 1.807) is 42.5 Å². The normalized spacial score (nSPS) is 16.7. The summed E-state index contributed by atoms with van der Waals surface area (Å²) in [6.45, 7) is 0. The topological polar surface area (TPSA) is 97.0 Å². The molecule has 0 radical (unpaired) electrons. The molecule has 2 aromatic carbocycles. The summed E-state index contributed by atoms with van der Waals surface area (Å²) in [6, 6.07) is 12.0. The molecule has 1 aliphatic heterocycles. The summed E-state index contributed by atoms with van der Waals surface area (Å²) in [6.07, 6.45) is 0.191. The standard InChI is InChI=1S/C17H19N3O5S/c1-24-11-8-9-13(15(10-11)25-2)16-18-14-7-5-4-6-12(14)17(21)20(16)19-26(3,22)23/h4-10,16,18-19H,1-3H3/t16-/m0/s1. The number of ether oxygens (including phenoxy) is 2. The number of methoxy groups -OCH3 is 2. The predicted octanol–water partition coefficient (Wildman–Crippen LogP) is 1.73. The van der Waals surface area contributed by atoms with Crippen molar-refractivity contribution in [2.24, 2.45) is 0 Å². The second-order valence-electron chi connectivity index (χ2n) is 5.74. The van der Waals surface area contributed by atoms with Crippen LogP contribution in [-0.4, -0.2) is 39.8 Å². The molecular weight excluding hydrogens is 358 g/mol. The van der Waals surface area contributed by atoms with Crippen molar-refractivity contribution < 1.29 is 22.7 Å². The minimum atomic E-state index is -3.68. The second kappa shape index (κ2) is 6.85. The lowest BCUT2D eigenvalue weighted by atomic mass is 10.0. The summed E-state index contributed by atoms with van der Waals surface area (Å²) in [7, 11) is -0.659. The third-order valence-electron chi connectivity index (χ3n) is 3.93. The number of carbonyl (C=O) groups excluding carboxylic acids is 1. The van der Waals surface area contributed by atoms with Gasteiger partial charge in [0.15, 0.2) is 0 Å². The molecule has 26 heavy (non-hydrogen) atoms. The fourth-order valence-corrected chi connectivity index (χ4v) is 3.33. The number of carbonyl (C=O) groups is 1. The van der Waals surface area contributed by atoms with Gasteiger partial charge in [0.25, 0.3) is 5.91 Å². The summed E-state index contributed by atoms with van der Waals surface area (Å²) in [5, 5.41) is 4.23. The van der Waals surface area contributed by atoms with Gasteiger partial charge in [0.1, 0.15) is 17.7 Å². The van der Waals surface area contributed by atoms with Gasteiger partial charge in [0.2, 0.25) is 10.0 Å². The first-order valence-corrected chi connectivity index (χ1v) is 9.61. The molecule has 0 bridgehead atoms. The van der Waals surface area contributed by atoms with E-state index in [0.29, 0.717) is 28.3 Å². The van der Waals surface area contributed by atoms with Crippen LogP contribution in [0.3, 0.4) is 0 Å². The highest BCUT2D eigenvalue weighted by Crippen LogP contribution is 2.37. The Morgan fingerprint density at radius 2 is 1.85 bits per heavy atom. The van der Waals surface area contributed by atoms with Gasteiger partial charge in [-0.15, -0.1) is 4.83 Å². The molecular formula is C17H19N3O5S. The average Bonchev–Trinajstić information content (AvgIpc) is 2.62. The fraction of sp³-hybridized carbons (Fsp3) is 0.235. The van der Waals surface area contributed by atoms with Crippen molar-refractivity contribution in [2.45, 2.75) is 6.17 Å². The first kappa shape index (κ1) is 18.0. The second-order valence-corrected chi connectivity index (χ2v) is 7.47. The number of fused-ring (bicyclic) bond motifs is 1. The van der Waals surface area contributed by atoms with E-state index in [0.717, 1.165) is 11.3 Å². The molecule has 0 saturated carbocycles. The van der Waals surface area contributed by atoms with Gasteiger partial charge in [0, 0.05) is 17.3 Å². The van der Waals surface area contributed by atoms with Gasteiger partial charge in [-0.1, -0.05) is 12.1 Å². The summed E-state index contributed by atoms with van der Waals surface area (Å²) < 4.78 is 34.2. The molecule has 1 amide bonds. The molecule has 1 heterocycles. The largest absolute Gasteiger partial charge is 0.497 e. The molecule has 0 unspecified atom stereocenters. The molecule has 0 spiro atoms. The van der Waals surface area contributed by atoms with Crippen LogP contribution in [0, 0.1) is 0 Å². The summed E-state index contributed by atoms with van der Waals surface area (Å²) in [4.78, 5) is 15.2. The monoisotopic (exact) mass is 377 g/mol. The number of para-hydroxylation sites is 1. The van der Waals surface area contributed by atoms with E-state index < -0.39 is 22.1 Å². The van der Waals surface area contributed by atoms with E-state index in [-0.39, 0.29) is 0 Å². The minimum Gasteiger partial charge on any atom is -0.497 e. The lowest BCUT2D eigenvalue weighted by Crippen LogP contribution is -2.52. The van der Waals surface area contributed by atoms with Crippen LogP contribution in [0.25, 0.3) is 0 Å². The first-order valence-electron chi connectivity index (χ1n) is 7.72. The number of benzene rings is 2. The maximum absolute atomic E-state index is 12.9. The SMILES string of the molecule is COc1ccc([C@H]2Nc3ccccc3C(=O)N2NS(C)(=O)=O)c(OC)c1. The van der Waals surface area contributed by atoms with E-state index in [2.05, 4.69) is 10.1 Å². The van der Waals surface area contributed by atoms with E-state index >= 15 is 0 Å². The Hall–Kier alpha value is -2.78. The highest BCUT2D eigenvalue weighted by molar-refractivity contribution is 7.88. The smallest absolute Gasteiger partial charge is 0.273 e. The molecule has 3 rings (SSSR count). The van der Waals surface area contributed by atoms with Crippen LogP contribution in [0.1, 0.15) is 22.1 Å². The zero-order chi connectivity index (χ0) is 18.9. The third-order valence-corrected chi connectivity index (χ3v) is 4.45. The highest BCUT2D eigenvalue weighted by atomic mass is 32.2. The average molecular weight is 377 g/mol. The zero-order valence-corrected chi connectivity index (χ0v) is 15.3. The number of nitrogens with one attached hydrogen (secondary N) is 2. The van der Waals surface area contributed by atoms with Crippen molar-refractivity contribution in [1.29, 1.82) is 0 Å². The highest BCUT2D eigenvalue weighted by Gasteiger charge is 2.36. The first-order chi connectivity index (χ1) is 12.3. The number of rotatable bonds is 5. The molecule has 1 atom stereocenters. The molecule has 9 heteroatoms. The Kier molecular flexibility index (Phi) is 4.75. The minimum absolute atomic E-state index is 0.368. The van der Waals surface area contributed by atoms with Crippen molar-refractivity contribution in [3.63, 3.8) is 0 Å². The van der Waals surface area contributed by atoms with Crippen LogP contribution in [0.4, 0.5) is 5.69 Å². The Labute approximate surface area is 151 Å². The predicted molar refractivity (Wildman–Crippen MR) is 96.5 cm³/mol. The van der Waals surface area contributed by atoms with Gasteiger partial charge >= 0.3 is 0 Å². The Morgan fingerprint density at radius 1 is 1.12 bits per heavy atom. The van der Waals surface area contributed by atoms with Crippen LogP contribution in [0.5, 0.6) is 11.5 Å². The van der Waals surface area contributed by atoms with E-state index in [1.807, 2.05) is 0 Å². The van der Waals surface area contributed by atoms with Crippen LogP contribution in [0.2, 0.25) is 0 Å². The van der Waals surface area contributed by atoms with Gasteiger partial charge in [-0.2, -0.15) is 0 Å². The van der Waals surface area contributed by atoms with Crippen molar-refractivity contribution in [3.05, 3.63) is 53.6 Å². The van der Waals surface area contributed by atoms with Crippen molar-refractivity contribution in [2.75, 3.05) is 25.8 Å². The quantitative estimate of drug-likeness (QED) is 0.824. The van der Waals surface area contributed by atoms with Crippen LogP contribution >= 0.6 is 0 Å². The Bertz CT molecular complexity index is 945. The zero-order valence-electron chi connectivity index (χ0n) is 14.5. The summed E-state index contributed by atoms with van der Waals surface area (Å²) >= 11 is 0. The van der Waals surface area contributed by atoms with Crippen LogP contribution in [0.15, 0.2) is 42.5 Å². The fourth-order valence-electron chi connectivity index (χ4n) is 2.79. The summed E-state index contributed by atoms with van der Waals surface area (Å²) in [5.74, 6) is 0.567. The molecule has 2 aromatic rings. The molecule has 0 saturated heterocycles. The number of nitrogens with zero attached hydrogens (tertiary/aromatic N) is 1. The van der Waals surface area contributed by atoms with E-state index in [4.69, 9.17) is 9.47 Å². The number of anilines is 1. The number of hydrogen-bond donors (Lipinski definition) is 2. The van der Waals surface area contributed by atoms with Crippen LogP contribution < -0.4 is 19.6 Å². The number of amides is 1. The molecule has 2 N–H and O–H groups in total. The third kappa shape index (κ3) is 3.44. The molecule has 0 aliphatic carbocycles. The van der Waals surface area contributed by atoms with E-state index in [9.17, 15) is 13.2 Å². The van der Waals surface area contributed by atoms with Crippen molar-refractivity contribution in [3.8, 4) is 11.5 Å². The maximum atomic E-state index is 12.9. The molecule has 0 aromatic heterocycles. The van der Waals surface area contributed by atoms with Gasteiger partial charge in [-0.25, -0.2) is 13.4 Å². The van der Waals surface area contributed by atoms with Crippen LogP contribution in [-0.2, 0) is 10.0 Å². The number of sulfonamides is 1. The van der Waals surface area contributed by atoms with Gasteiger partial charge < -0.3 is 14.8 Å². The lowest BCUT2D eigenvalue weighted by Gasteiger charge is -2.37. The lowest BCUT2D eigenvalue weighted by molar-refractivity contribution is 0.0631. The molecule has 8 nitrogen and oxygen atoms in total. The number of hydrogen-bond acceptors (Lipinski definition) is 6.